The fraction of sp³-hybridized carbons (Fsp3) is 0.667. The van der Waals surface area contributed by atoms with Gasteiger partial charge in [-0.2, -0.15) is 0 Å². The second-order valence-corrected chi connectivity index (χ2v) is 2.54. The molecule has 0 bridgehead atoms. The summed E-state index contributed by atoms with van der Waals surface area (Å²) < 4.78 is 4.75. The number of carbonyl (C=O) groups is 3. The maximum absolute atomic E-state index is 10.9. The lowest BCUT2D eigenvalue weighted by Gasteiger charge is -2.11. The van der Waals surface area contributed by atoms with Crippen molar-refractivity contribution in [3.05, 3.63) is 0 Å². The van der Waals surface area contributed by atoms with Crippen LogP contribution in [-0.2, 0) is 19.1 Å². The lowest BCUT2D eigenvalue weighted by molar-refractivity contribution is -0.139. The minimum absolute atomic E-state index is 0.0768. The van der Waals surface area contributed by atoms with Gasteiger partial charge in [-0.25, -0.2) is 0 Å². The van der Waals surface area contributed by atoms with Crippen LogP contribution in [0.25, 0.3) is 0 Å². The van der Waals surface area contributed by atoms with Crippen LogP contribution in [0, 0.1) is 0 Å². The van der Waals surface area contributed by atoms with Crippen LogP contribution in [0.4, 0.5) is 0 Å². The summed E-state index contributed by atoms with van der Waals surface area (Å²) >= 11 is 0. The number of likely N-dealkylation sites (tertiary alicyclic amines) is 1. The van der Waals surface area contributed by atoms with Gasteiger partial charge in [0.25, 0.3) is 6.47 Å². The molecule has 1 fully saturated rings. The van der Waals surface area contributed by atoms with Crippen LogP contribution in [0.2, 0.25) is 0 Å². The van der Waals surface area contributed by atoms with E-state index in [9.17, 15) is 9.59 Å². The highest BCUT2D eigenvalue weighted by Gasteiger charge is 2.27. The summed E-state index contributed by atoms with van der Waals surface area (Å²) in [4.78, 5) is 31.5. The number of hydrogen-bond acceptors (Lipinski definition) is 5. The molecule has 7 heteroatoms. The van der Waals surface area contributed by atoms with E-state index in [1.54, 1.807) is 7.11 Å². The number of imide groups is 1. The summed E-state index contributed by atoms with van der Waals surface area (Å²) in [6, 6.07) is 0. The number of ether oxygens (including phenoxy) is 1. The summed E-state index contributed by atoms with van der Waals surface area (Å²) in [5.41, 5.74) is 0. The number of aliphatic hydroxyl groups is 1. The Kier molecular flexibility index (Phi) is 12.3. The van der Waals surface area contributed by atoms with Crippen molar-refractivity contribution in [2.45, 2.75) is 12.8 Å². The molecule has 7 nitrogen and oxygen atoms in total. The summed E-state index contributed by atoms with van der Waals surface area (Å²) in [7, 11) is 2.55. The molecule has 1 aliphatic rings. The molecule has 2 N–H and O–H groups in total. The normalized spacial score (nSPS) is 13.6. The maximum atomic E-state index is 10.9. The van der Waals surface area contributed by atoms with Crippen LogP contribution in [-0.4, -0.2) is 60.8 Å². The molecule has 1 aliphatic heterocycles. The van der Waals surface area contributed by atoms with Gasteiger partial charge >= 0.3 is 0 Å². The molecule has 1 heterocycles. The number of amides is 2. The predicted octanol–water partition coefficient (Wildman–Crippen LogP) is -0.909. The number of nitrogens with zero attached hydrogens (tertiary/aromatic N) is 1. The van der Waals surface area contributed by atoms with Crippen LogP contribution in [0.15, 0.2) is 0 Å². The van der Waals surface area contributed by atoms with Crippen molar-refractivity contribution >= 4 is 18.3 Å². The van der Waals surface area contributed by atoms with E-state index in [0.29, 0.717) is 26.0 Å². The second-order valence-electron chi connectivity index (χ2n) is 2.54. The lowest BCUT2D eigenvalue weighted by Crippen LogP contribution is -2.32. The Morgan fingerprint density at radius 3 is 2.00 bits per heavy atom. The van der Waals surface area contributed by atoms with Gasteiger partial charge in [0.05, 0.1) is 13.2 Å². The molecule has 0 spiro atoms. The van der Waals surface area contributed by atoms with E-state index in [1.807, 2.05) is 0 Å². The van der Waals surface area contributed by atoms with Gasteiger partial charge in [0.15, 0.2) is 0 Å². The van der Waals surface area contributed by atoms with E-state index in [2.05, 4.69) is 0 Å². The van der Waals surface area contributed by atoms with Gasteiger partial charge in [0, 0.05) is 27.1 Å². The summed E-state index contributed by atoms with van der Waals surface area (Å²) in [5, 5.41) is 13.9. The van der Waals surface area contributed by atoms with Crippen molar-refractivity contribution in [2.75, 3.05) is 27.4 Å². The quantitative estimate of drug-likeness (QED) is 0.485. The third kappa shape index (κ3) is 6.91. The van der Waals surface area contributed by atoms with E-state index >= 15 is 0 Å². The molecular weight excluding hydrogens is 218 g/mol. The minimum Gasteiger partial charge on any atom is -0.483 e. The van der Waals surface area contributed by atoms with E-state index in [4.69, 9.17) is 19.7 Å². The van der Waals surface area contributed by atoms with Crippen molar-refractivity contribution in [3.8, 4) is 0 Å². The number of methoxy groups -OCH3 is 1. The first kappa shape index (κ1) is 16.9. The molecule has 0 atom stereocenters. The van der Waals surface area contributed by atoms with Crippen LogP contribution in [0.5, 0.6) is 0 Å². The first-order chi connectivity index (χ1) is 7.67. The molecule has 0 aromatic rings. The molecule has 0 aromatic heterocycles. The maximum Gasteiger partial charge on any atom is 0.290 e. The summed E-state index contributed by atoms with van der Waals surface area (Å²) in [6.07, 6.45) is 0.727. The molecule has 0 aromatic carbocycles. The Labute approximate surface area is 93.6 Å². The van der Waals surface area contributed by atoms with Gasteiger partial charge in [-0.1, -0.05) is 0 Å². The number of carboxylic acid groups (broad SMARTS) is 1. The summed E-state index contributed by atoms with van der Waals surface area (Å²) in [6.45, 7) is 0.575. The fourth-order valence-electron chi connectivity index (χ4n) is 1.05. The highest BCUT2D eigenvalue weighted by Crippen LogP contribution is 2.10. The van der Waals surface area contributed by atoms with E-state index in [-0.39, 0.29) is 18.3 Å². The van der Waals surface area contributed by atoms with E-state index in [0.717, 1.165) is 7.11 Å². The standard InChI is InChI=1S/C7H11NO3.CH2O2.CH4O/c1-11-5-4-8-6(9)2-3-7(8)10;2-1-3;1-2/h2-5H2,1H3;1H,(H,2,3);2H,1H3. The Hall–Kier alpha value is -1.47. The fourth-order valence-corrected chi connectivity index (χ4v) is 1.05. The lowest BCUT2D eigenvalue weighted by atomic mass is 10.4. The van der Waals surface area contributed by atoms with Crippen molar-refractivity contribution in [1.29, 1.82) is 0 Å². The average molecular weight is 235 g/mol. The molecule has 0 radical (unpaired) electrons. The van der Waals surface area contributed by atoms with Gasteiger partial charge in [-0.05, 0) is 0 Å². The number of hydrogen-bond donors (Lipinski definition) is 2. The van der Waals surface area contributed by atoms with Crippen molar-refractivity contribution in [2.24, 2.45) is 0 Å². The second kappa shape index (κ2) is 11.6. The number of carbonyl (C=O) groups excluding carboxylic acids is 2. The monoisotopic (exact) mass is 235 g/mol. The van der Waals surface area contributed by atoms with Crippen LogP contribution in [0.3, 0.4) is 0 Å². The van der Waals surface area contributed by atoms with Gasteiger partial charge in [-0.15, -0.1) is 0 Å². The van der Waals surface area contributed by atoms with Crippen molar-refractivity contribution in [1.82, 2.24) is 4.90 Å². The van der Waals surface area contributed by atoms with Crippen molar-refractivity contribution < 1.29 is 29.3 Å². The average Bonchev–Trinajstić information content (AvgIpc) is 2.60. The van der Waals surface area contributed by atoms with E-state index in [1.165, 1.54) is 4.90 Å². The van der Waals surface area contributed by atoms with Gasteiger partial charge in [-0.3, -0.25) is 19.3 Å². The Morgan fingerprint density at radius 1 is 1.31 bits per heavy atom. The minimum atomic E-state index is -0.250. The van der Waals surface area contributed by atoms with Crippen LogP contribution < -0.4 is 0 Å². The molecule has 0 unspecified atom stereocenters. The molecule has 1 saturated heterocycles. The molecule has 0 saturated carbocycles. The number of aliphatic hydroxyl groups excluding tert-OH is 1. The number of rotatable bonds is 3. The SMILES string of the molecule is CO.COCCN1C(=O)CCC1=O.O=CO. The molecule has 2 amide bonds. The first-order valence-electron chi connectivity index (χ1n) is 4.52. The molecule has 0 aliphatic carbocycles. The topological polar surface area (TPSA) is 104 Å². The Balaban J connectivity index is 0. The third-order valence-electron chi connectivity index (χ3n) is 1.67. The Bertz CT molecular complexity index is 202. The third-order valence-corrected chi connectivity index (χ3v) is 1.67. The molecule has 16 heavy (non-hydrogen) atoms. The zero-order valence-corrected chi connectivity index (χ0v) is 9.38. The van der Waals surface area contributed by atoms with Crippen LogP contribution in [0.1, 0.15) is 12.8 Å². The molecule has 1 rings (SSSR count). The van der Waals surface area contributed by atoms with E-state index < -0.39 is 0 Å². The first-order valence-corrected chi connectivity index (χ1v) is 4.52. The van der Waals surface area contributed by atoms with Gasteiger partial charge < -0.3 is 14.9 Å². The summed E-state index contributed by atoms with van der Waals surface area (Å²) in [5.74, 6) is -0.154. The molecular formula is C9H17NO6. The van der Waals surface area contributed by atoms with Crippen LogP contribution >= 0.6 is 0 Å². The Morgan fingerprint density at radius 2 is 1.69 bits per heavy atom. The van der Waals surface area contributed by atoms with Crippen molar-refractivity contribution in [3.63, 3.8) is 0 Å². The van der Waals surface area contributed by atoms with Gasteiger partial charge in [0.1, 0.15) is 0 Å². The predicted molar refractivity (Wildman–Crippen MR) is 54.7 cm³/mol. The highest BCUT2D eigenvalue weighted by atomic mass is 16.5. The smallest absolute Gasteiger partial charge is 0.290 e. The largest absolute Gasteiger partial charge is 0.483 e. The zero-order chi connectivity index (χ0) is 13.0. The zero-order valence-electron chi connectivity index (χ0n) is 9.38. The molecule has 94 valence electrons. The van der Waals surface area contributed by atoms with Gasteiger partial charge in [0.2, 0.25) is 11.8 Å². The highest BCUT2D eigenvalue weighted by molar-refractivity contribution is 6.01.